The minimum atomic E-state index is 0.937. The van der Waals surface area contributed by atoms with Gasteiger partial charge in [-0.3, -0.25) is 0 Å². The zero-order valence-electron chi connectivity index (χ0n) is 20.1. The largest absolute Gasteiger partial charge is 0.348 e. The van der Waals surface area contributed by atoms with Crippen LogP contribution < -0.4 is 0 Å². The Labute approximate surface area is 195 Å². The van der Waals surface area contributed by atoms with Crippen LogP contribution in [0.5, 0.6) is 0 Å². The second kappa shape index (κ2) is 15.0. The normalized spacial score (nSPS) is 11.7. The highest BCUT2D eigenvalue weighted by Gasteiger charge is 2.15. The van der Waals surface area contributed by atoms with Crippen LogP contribution in [0, 0.1) is 0 Å². The Balaban J connectivity index is 2.63. The minimum Gasteiger partial charge on any atom is -0.348 e. The van der Waals surface area contributed by atoms with E-state index in [2.05, 4.69) is 92.1 Å². The molecule has 0 aliphatic rings. The molecule has 0 aliphatic heterocycles. The topological polar surface area (TPSA) is 36.4 Å². The van der Waals surface area contributed by atoms with Crippen LogP contribution in [0.15, 0.2) is 72.3 Å². The van der Waals surface area contributed by atoms with E-state index in [1.54, 1.807) is 0 Å². The molecule has 2 aromatic rings. The number of aryl methyl sites for hydroxylation is 2. The molecule has 2 rings (SSSR count). The van der Waals surface area contributed by atoms with Gasteiger partial charge in [0, 0.05) is 0 Å². The number of rotatable bonds is 13. The maximum Gasteiger partial charge on any atom is 0.299 e. The number of hydrogen-bond acceptors (Lipinski definition) is 0. The first-order valence-corrected chi connectivity index (χ1v) is 12.2. The average molecular weight is 427 g/mol. The second-order valence-corrected chi connectivity index (χ2v) is 8.30. The molecule has 0 fully saturated rings. The molecule has 0 amide bonds. The molecule has 0 aromatic heterocycles. The van der Waals surface area contributed by atoms with E-state index in [1.165, 1.54) is 59.1 Å². The first kappa shape index (κ1) is 25.3. The third-order valence-corrected chi connectivity index (χ3v) is 5.83. The van der Waals surface area contributed by atoms with Crippen LogP contribution >= 0.6 is 0 Å². The third-order valence-electron chi connectivity index (χ3n) is 5.83. The highest BCUT2D eigenvalue weighted by molar-refractivity contribution is 5.86. The molecular formula is C30H38N2. The van der Waals surface area contributed by atoms with Crippen LogP contribution in [0.2, 0.25) is 0 Å². The second-order valence-electron chi connectivity index (χ2n) is 8.30. The molecule has 0 saturated heterocycles. The van der Waals surface area contributed by atoms with Gasteiger partial charge in [0.2, 0.25) is 0 Å². The quantitative estimate of drug-likeness (QED) is 0.0770. The Bertz CT molecular complexity index is 966. The number of unbranched alkanes of at least 4 members (excludes halogenated alkanes) is 3. The fourth-order valence-corrected chi connectivity index (χ4v) is 4.06. The van der Waals surface area contributed by atoms with Crippen molar-refractivity contribution in [2.24, 2.45) is 0 Å². The lowest BCUT2D eigenvalue weighted by Gasteiger charge is -2.17. The summed E-state index contributed by atoms with van der Waals surface area (Å²) in [6.07, 6.45) is 16.2. The van der Waals surface area contributed by atoms with Gasteiger partial charge in [0.05, 0.1) is 6.08 Å². The summed E-state index contributed by atoms with van der Waals surface area (Å²) in [5.74, 6) is 2.69. The van der Waals surface area contributed by atoms with Crippen molar-refractivity contribution in [3.63, 3.8) is 0 Å². The fourth-order valence-electron chi connectivity index (χ4n) is 4.06. The van der Waals surface area contributed by atoms with Crippen molar-refractivity contribution in [1.29, 1.82) is 0 Å². The zero-order valence-corrected chi connectivity index (χ0v) is 20.1. The molecule has 0 spiro atoms. The summed E-state index contributed by atoms with van der Waals surface area (Å²) in [6, 6.07) is 17.8. The summed E-state index contributed by atoms with van der Waals surface area (Å²) in [7, 11) is 0. The van der Waals surface area contributed by atoms with Gasteiger partial charge in [-0.05, 0) is 78.8 Å². The Morgan fingerprint density at radius 1 is 0.938 bits per heavy atom. The molecule has 2 aromatic carbocycles. The molecule has 0 N–H and O–H groups in total. The molecule has 0 atom stereocenters. The lowest BCUT2D eigenvalue weighted by atomic mass is 9.86. The van der Waals surface area contributed by atoms with Gasteiger partial charge in [-0.1, -0.05) is 93.8 Å². The van der Waals surface area contributed by atoms with Crippen molar-refractivity contribution in [3.05, 3.63) is 100 Å². The standard InChI is InChI=1S/C30H38N2/c1-4-7-10-15-26-16-12-13-18-29(26)30(27(23-24-32-31)17-11-8-5-2)28-21-19-25(20-22-28)14-9-6-3/h4,7,12-13,16,18-23H,5-6,8-11,14-15,17H2,1-3H3. The van der Waals surface area contributed by atoms with E-state index in [4.69, 9.17) is 5.53 Å². The highest BCUT2D eigenvalue weighted by Crippen LogP contribution is 2.33. The van der Waals surface area contributed by atoms with Gasteiger partial charge >= 0.3 is 0 Å². The first-order valence-electron chi connectivity index (χ1n) is 12.2. The zero-order chi connectivity index (χ0) is 23.0. The number of nitrogens with zero attached hydrogens (tertiary/aromatic N) is 2. The molecule has 0 heterocycles. The summed E-state index contributed by atoms with van der Waals surface area (Å²) < 4.78 is 0. The van der Waals surface area contributed by atoms with E-state index in [9.17, 15) is 0 Å². The molecular weight excluding hydrogens is 388 g/mol. The van der Waals surface area contributed by atoms with E-state index >= 15 is 0 Å². The van der Waals surface area contributed by atoms with Gasteiger partial charge in [0.25, 0.3) is 5.87 Å². The summed E-state index contributed by atoms with van der Waals surface area (Å²) in [6.45, 7) is 6.53. The SMILES string of the molecule is CC=CCCc1ccccc1C(=C(C=C=[N+]=[N-])CCCCC)c1ccc(CCCC)cc1. The molecule has 0 bridgehead atoms. The van der Waals surface area contributed by atoms with Crippen molar-refractivity contribution >= 4 is 11.4 Å². The number of benzene rings is 2. The van der Waals surface area contributed by atoms with Crippen molar-refractivity contribution in [2.75, 3.05) is 0 Å². The lowest BCUT2D eigenvalue weighted by Crippen LogP contribution is -2.00. The Hall–Kier alpha value is -2.92. The van der Waals surface area contributed by atoms with Gasteiger partial charge < -0.3 is 5.53 Å². The maximum atomic E-state index is 9.08. The van der Waals surface area contributed by atoms with Crippen LogP contribution in [-0.2, 0) is 12.8 Å². The van der Waals surface area contributed by atoms with Crippen LogP contribution in [0.1, 0.15) is 88.0 Å². The van der Waals surface area contributed by atoms with Gasteiger partial charge in [-0.2, -0.15) is 0 Å². The molecule has 32 heavy (non-hydrogen) atoms. The van der Waals surface area contributed by atoms with Crippen LogP contribution in [0.4, 0.5) is 0 Å². The third kappa shape index (κ3) is 7.97. The monoisotopic (exact) mass is 426 g/mol. The molecule has 0 radical (unpaired) electrons. The van der Waals surface area contributed by atoms with Gasteiger partial charge in [0.1, 0.15) is 0 Å². The predicted molar refractivity (Wildman–Crippen MR) is 138 cm³/mol. The van der Waals surface area contributed by atoms with Crippen molar-refractivity contribution in [2.45, 2.75) is 78.6 Å². The number of hydrogen-bond donors (Lipinski definition) is 0. The van der Waals surface area contributed by atoms with E-state index in [0.29, 0.717) is 0 Å². The first-order chi connectivity index (χ1) is 15.7. The molecule has 2 heteroatoms. The smallest absolute Gasteiger partial charge is 0.299 e. The van der Waals surface area contributed by atoms with Crippen molar-refractivity contribution < 1.29 is 4.79 Å². The van der Waals surface area contributed by atoms with E-state index in [-0.39, 0.29) is 0 Å². The highest BCUT2D eigenvalue weighted by atomic mass is 14.8. The molecule has 2 nitrogen and oxygen atoms in total. The molecule has 168 valence electrons. The minimum absolute atomic E-state index is 0.937. The van der Waals surface area contributed by atoms with Crippen LogP contribution in [0.3, 0.4) is 0 Å². The maximum absolute atomic E-state index is 9.08. The van der Waals surface area contributed by atoms with Crippen LogP contribution in [0.25, 0.3) is 11.1 Å². The lowest BCUT2D eigenvalue weighted by molar-refractivity contribution is 0.00800. The Morgan fingerprint density at radius 2 is 1.69 bits per heavy atom. The Morgan fingerprint density at radius 3 is 2.38 bits per heavy atom. The number of allylic oxidation sites excluding steroid dienone is 4. The average Bonchev–Trinajstić information content (AvgIpc) is 2.83. The summed E-state index contributed by atoms with van der Waals surface area (Å²) in [4.78, 5) is 3.16. The predicted octanol–water partition coefficient (Wildman–Crippen LogP) is 8.38. The summed E-state index contributed by atoms with van der Waals surface area (Å²) in [5.41, 5.74) is 16.7. The molecule has 0 saturated carbocycles. The van der Waals surface area contributed by atoms with Crippen LogP contribution in [-0.4, -0.2) is 10.7 Å². The summed E-state index contributed by atoms with van der Waals surface area (Å²) >= 11 is 0. The van der Waals surface area contributed by atoms with E-state index < -0.39 is 0 Å². The fraction of sp³-hybridized carbons (Fsp3) is 0.400. The van der Waals surface area contributed by atoms with E-state index in [1.807, 2.05) is 6.08 Å². The van der Waals surface area contributed by atoms with Gasteiger partial charge in [0.15, 0.2) is 0 Å². The van der Waals surface area contributed by atoms with Crippen molar-refractivity contribution in [1.82, 2.24) is 0 Å². The molecule has 0 aliphatic carbocycles. The Kier molecular flexibility index (Phi) is 11.9. The summed E-state index contributed by atoms with van der Waals surface area (Å²) in [5, 5.41) is 0. The van der Waals surface area contributed by atoms with E-state index in [0.717, 1.165) is 32.1 Å². The van der Waals surface area contributed by atoms with Gasteiger partial charge in [-0.15, -0.1) is 4.79 Å². The molecule has 0 unspecified atom stereocenters. The van der Waals surface area contributed by atoms with Crippen molar-refractivity contribution in [3.8, 4) is 0 Å². The van der Waals surface area contributed by atoms with Gasteiger partial charge in [-0.25, -0.2) is 0 Å².